The summed E-state index contributed by atoms with van der Waals surface area (Å²) in [5.74, 6) is 0.743. The van der Waals surface area contributed by atoms with Crippen LogP contribution in [0.1, 0.15) is 32.8 Å². The fraction of sp³-hybridized carbons (Fsp3) is 0.571. The summed E-state index contributed by atoms with van der Waals surface area (Å²) in [6, 6.07) is 9.25. The number of hydrogen-bond donors (Lipinski definition) is 1. The first-order chi connectivity index (χ1) is 7.58. The molecule has 0 aliphatic heterocycles. The Kier molecular flexibility index (Phi) is 6.07. The maximum absolute atomic E-state index is 3.46. The van der Waals surface area contributed by atoms with Crippen LogP contribution in [-0.4, -0.2) is 12.6 Å². The highest BCUT2D eigenvalue weighted by molar-refractivity contribution is 9.10. The molecule has 0 bridgehead atoms. The van der Waals surface area contributed by atoms with E-state index in [4.69, 9.17) is 0 Å². The third-order valence-electron chi connectivity index (χ3n) is 2.69. The summed E-state index contributed by atoms with van der Waals surface area (Å²) in [5.41, 5.74) is 1.43. The first kappa shape index (κ1) is 13.7. The van der Waals surface area contributed by atoms with Crippen LogP contribution in [0.25, 0.3) is 0 Å². The van der Waals surface area contributed by atoms with Crippen molar-refractivity contribution in [3.8, 4) is 0 Å². The Morgan fingerprint density at radius 2 is 1.75 bits per heavy atom. The van der Waals surface area contributed by atoms with Crippen molar-refractivity contribution in [2.45, 2.75) is 39.7 Å². The molecule has 0 saturated heterocycles. The third kappa shape index (κ3) is 5.66. The number of rotatable bonds is 6. The highest BCUT2D eigenvalue weighted by Gasteiger charge is 2.04. The minimum Gasteiger partial charge on any atom is -0.315 e. The van der Waals surface area contributed by atoms with E-state index in [-0.39, 0.29) is 0 Å². The second kappa shape index (κ2) is 7.08. The first-order valence-electron chi connectivity index (χ1n) is 6.05. The Balaban J connectivity index is 2.28. The van der Waals surface area contributed by atoms with Crippen LogP contribution in [0.4, 0.5) is 0 Å². The summed E-state index contributed by atoms with van der Waals surface area (Å²) in [7, 11) is 0. The molecule has 0 heterocycles. The van der Waals surface area contributed by atoms with Gasteiger partial charge in [-0.1, -0.05) is 48.8 Å². The number of hydrogen-bond acceptors (Lipinski definition) is 1. The molecule has 1 unspecified atom stereocenters. The van der Waals surface area contributed by atoms with Crippen LogP contribution in [-0.2, 0) is 6.42 Å². The highest BCUT2D eigenvalue weighted by atomic mass is 79.9. The predicted octanol–water partition coefficient (Wildman–Crippen LogP) is 4.02. The van der Waals surface area contributed by atoms with Gasteiger partial charge in [-0.25, -0.2) is 0 Å². The summed E-state index contributed by atoms with van der Waals surface area (Å²) < 4.78 is 1.16. The second-order valence-electron chi connectivity index (χ2n) is 4.83. The second-order valence-corrected chi connectivity index (χ2v) is 5.75. The number of nitrogens with one attached hydrogen (secondary N) is 1. The van der Waals surface area contributed by atoms with Crippen molar-refractivity contribution in [2.24, 2.45) is 5.92 Å². The van der Waals surface area contributed by atoms with Gasteiger partial charge in [0.2, 0.25) is 0 Å². The van der Waals surface area contributed by atoms with Gasteiger partial charge in [0.15, 0.2) is 0 Å². The molecule has 0 saturated carbocycles. The van der Waals surface area contributed by atoms with Gasteiger partial charge >= 0.3 is 0 Å². The van der Waals surface area contributed by atoms with Crippen molar-refractivity contribution >= 4 is 15.9 Å². The Morgan fingerprint density at radius 1 is 1.12 bits per heavy atom. The minimum absolute atomic E-state index is 0.597. The lowest BCUT2D eigenvalue weighted by Gasteiger charge is -2.13. The van der Waals surface area contributed by atoms with Gasteiger partial charge in [0.25, 0.3) is 0 Å². The van der Waals surface area contributed by atoms with Crippen molar-refractivity contribution in [1.82, 2.24) is 5.32 Å². The summed E-state index contributed by atoms with van der Waals surface area (Å²) in [5, 5.41) is 3.46. The zero-order chi connectivity index (χ0) is 12.0. The van der Waals surface area contributed by atoms with E-state index in [9.17, 15) is 0 Å². The molecule has 2 heteroatoms. The molecule has 1 rings (SSSR count). The van der Waals surface area contributed by atoms with E-state index < -0.39 is 0 Å². The lowest BCUT2D eigenvalue weighted by molar-refractivity contribution is 0.476. The number of benzene rings is 1. The van der Waals surface area contributed by atoms with Crippen molar-refractivity contribution in [3.05, 3.63) is 34.3 Å². The van der Waals surface area contributed by atoms with Crippen molar-refractivity contribution in [2.75, 3.05) is 6.54 Å². The normalized spacial score (nSPS) is 13.1. The van der Waals surface area contributed by atoms with Crippen LogP contribution in [0.5, 0.6) is 0 Å². The van der Waals surface area contributed by atoms with E-state index in [0.717, 1.165) is 16.9 Å². The summed E-state index contributed by atoms with van der Waals surface area (Å²) >= 11 is 3.46. The van der Waals surface area contributed by atoms with Gasteiger partial charge in [-0.2, -0.15) is 0 Å². The molecule has 90 valence electrons. The Morgan fingerprint density at radius 3 is 2.31 bits per heavy atom. The summed E-state index contributed by atoms with van der Waals surface area (Å²) in [4.78, 5) is 0. The van der Waals surface area contributed by atoms with Crippen molar-refractivity contribution in [1.29, 1.82) is 0 Å². The van der Waals surface area contributed by atoms with Gasteiger partial charge in [0.05, 0.1) is 0 Å². The van der Waals surface area contributed by atoms with Gasteiger partial charge in [0.1, 0.15) is 0 Å². The van der Waals surface area contributed by atoms with E-state index in [1.54, 1.807) is 0 Å². The molecule has 1 nitrogen and oxygen atoms in total. The molecule has 0 radical (unpaired) electrons. The van der Waals surface area contributed by atoms with Crippen molar-refractivity contribution < 1.29 is 0 Å². The van der Waals surface area contributed by atoms with Gasteiger partial charge in [-0.3, -0.25) is 0 Å². The lowest BCUT2D eigenvalue weighted by atomic mass is 9.98. The molecular formula is C14H22BrN. The predicted molar refractivity (Wildman–Crippen MR) is 74.8 cm³/mol. The third-order valence-corrected chi connectivity index (χ3v) is 3.22. The smallest absolute Gasteiger partial charge is 0.0175 e. The summed E-state index contributed by atoms with van der Waals surface area (Å²) in [6.45, 7) is 7.83. The van der Waals surface area contributed by atoms with Gasteiger partial charge in [-0.15, -0.1) is 0 Å². The molecule has 0 aliphatic rings. The van der Waals surface area contributed by atoms with Gasteiger partial charge < -0.3 is 5.32 Å². The molecule has 0 spiro atoms. The van der Waals surface area contributed by atoms with Crippen LogP contribution >= 0.6 is 15.9 Å². The zero-order valence-electron chi connectivity index (χ0n) is 10.5. The molecule has 0 aromatic heterocycles. The van der Waals surface area contributed by atoms with Crippen molar-refractivity contribution in [3.63, 3.8) is 0 Å². The Hall–Kier alpha value is -0.340. The average molecular weight is 284 g/mol. The van der Waals surface area contributed by atoms with E-state index >= 15 is 0 Å². The maximum Gasteiger partial charge on any atom is 0.0175 e. The first-order valence-corrected chi connectivity index (χ1v) is 6.85. The van der Waals surface area contributed by atoms with Crippen LogP contribution in [0.3, 0.4) is 0 Å². The SMILES string of the molecule is CC(CCNC(C)C)Cc1ccc(Br)cc1. The summed E-state index contributed by atoms with van der Waals surface area (Å²) in [6.07, 6.45) is 2.42. The van der Waals surface area contributed by atoms with E-state index in [2.05, 4.69) is 66.3 Å². The molecule has 0 fully saturated rings. The molecule has 1 atom stereocenters. The Labute approximate surface area is 108 Å². The Bertz CT molecular complexity index is 292. The minimum atomic E-state index is 0.597. The van der Waals surface area contributed by atoms with Crippen LogP contribution < -0.4 is 5.32 Å². The topological polar surface area (TPSA) is 12.0 Å². The van der Waals surface area contributed by atoms with Gasteiger partial charge in [0, 0.05) is 10.5 Å². The molecule has 16 heavy (non-hydrogen) atoms. The zero-order valence-corrected chi connectivity index (χ0v) is 12.0. The molecule has 1 N–H and O–H groups in total. The lowest BCUT2D eigenvalue weighted by Crippen LogP contribution is -2.25. The fourth-order valence-corrected chi connectivity index (χ4v) is 2.01. The molecule has 0 amide bonds. The molecule has 1 aromatic carbocycles. The molecule has 1 aromatic rings. The quantitative estimate of drug-likeness (QED) is 0.832. The number of halogens is 1. The van der Waals surface area contributed by atoms with Crippen LogP contribution in [0.15, 0.2) is 28.7 Å². The highest BCUT2D eigenvalue weighted by Crippen LogP contribution is 2.15. The maximum atomic E-state index is 3.46. The van der Waals surface area contributed by atoms with E-state index in [1.807, 2.05) is 0 Å². The van der Waals surface area contributed by atoms with E-state index in [1.165, 1.54) is 18.4 Å². The standard InChI is InChI=1S/C14H22BrN/c1-11(2)16-9-8-12(3)10-13-4-6-14(15)7-5-13/h4-7,11-12,16H,8-10H2,1-3H3. The fourth-order valence-electron chi connectivity index (χ4n) is 1.74. The molecular weight excluding hydrogens is 262 g/mol. The average Bonchev–Trinajstić information content (AvgIpc) is 2.21. The van der Waals surface area contributed by atoms with E-state index in [0.29, 0.717) is 6.04 Å². The monoisotopic (exact) mass is 283 g/mol. The van der Waals surface area contributed by atoms with Crippen LogP contribution in [0.2, 0.25) is 0 Å². The largest absolute Gasteiger partial charge is 0.315 e. The van der Waals surface area contributed by atoms with Gasteiger partial charge in [-0.05, 0) is 43.0 Å². The van der Waals surface area contributed by atoms with Crippen LogP contribution in [0, 0.1) is 5.92 Å². The molecule has 0 aliphatic carbocycles.